The number of methoxy groups -OCH3 is 2. The van der Waals surface area contributed by atoms with Gasteiger partial charge in [-0.2, -0.15) is 9.67 Å². The summed E-state index contributed by atoms with van der Waals surface area (Å²) < 4.78 is 12.3. The third kappa shape index (κ3) is 5.93. The smallest absolute Gasteiger partial charge is 0.248 e. The maximum atomic E-state index is 6.23. The summed E-state index contributed by atoms with van der Waals surface area (Å²) in [6, 6.07) is 8.32. The fraction of sp³-hybridized carbons (Fsp3) is 0.414. The molecule has 0 unspecified atom stereocenters. The van der Waals surface area contributed by atoms with Gasteiger partial charge in [-0.05, 0) is 37.1 Å². The molecular formula is C29H36N10O2. The molecule has 0 spiro atoms. The van der Waals surface area contributed by atoms with Crippen molar-refractivity contribution in [3.8, 4) is 17.3 Å². The van der Waals surface area contributed by atoms with E-state index in [0.717, 1.165) is 37.1 Å². The van der Waals surface area contributed by atoms with E-state index in [4.69, 9.17) is 15.2 Å². The molecule has 4 aromatic rings. The van der Waals surface area contributed by atoms with Gasteiger partial charge in [0.1, 0.15) is 6.33 Å². The minimum atomic E-state index is 0.180. The van der Waals surface area contributed by atoms with Crippen molar-refractivity contribution < 1.29 is 9.47 Å². The molecular weight excluding hydrogens is 520 g/mol. The molecule has 1 saturated heterocycles. The Balaban J connectivity index is 1.08. The number of aromatic nitrogens is 6. The predicted octanol–water partition coefficient (Wildman–Crippen LogP) is 3.52. The first-order valence-electron chi connectivity index (χ1n) is 14.1. The number of nitrogen functional groups attached to an aromatic ring is 1. The summed E-state index contributed by atoms with van der Waals surface area (Å²) in [6.07, 6.45) is 13.0. The van der Waals surface area contributed by atoms with Gasteiger partial charge in [-0.15, -0.1) is 5.10 Å². The standard InChI is InChI=1S/C29H36N10O2/c1-40-25-16-23-24(17-26(25)41-2)32-19-33-27(23)39-28(30)35-29(36-39)34-21-10-9-20(31-18-21)6-5-11-37-12-14-38(15-13-37)22-7-3-4-8-22/h5-6,9-10,16-19,22H,3-4,7-8,11-15H2,1-2H3,(H3,30,34,35,36)/b6-5+. The molecule has 1 aliphatic carbocycles. The number of benzene rings is 1. The molecule has 214 valence electrons. The van der Waals surface area contributed by atoms with Crippen molar-refractivity contribution in [3.63, 3.8) is 0 Å². The van der Waals surface area contributed by atoms with Crippen molar-refractivity contribution in [2.45, 2.75) is 31.7 Å². The van der Waals surface area contributed by atoms with Crippen LogP contribution in [0.5, 0.6) is 11.5 Å². The van der Waals surface area contributed by atoms with Crippen LogP contribution < -0.4 is 20.5 Å². The first-order chi connectivity index (χ1) is 20.1. The Kier molecular flexibility index (Phi) is 7.92. The Morgan fingerprint density at radius 1 is 1.00 bits per heavy atom. The van der Waals surface area contributed by atoms with E-state index in [1.165, 1.54) is 49.8 Å². The second kappa shape index (κ2) is 12.1. The summed E-state index contributed by atoms with van der Waals surface area (Å²) in [5, 5.41) is 8.41. The molecule has 1 aromatic carbocycles. The van der Waals surface area contributed by atoms with Crippen LogP contribution in [0.4, 0.5) is 17.6 Å². The number of hydrogen-bond donors (Lipinski definition) is 2. The Hall–Kier alpha value is -4.29. The quantitative estimate of drug-likeness (QED) is 0.314. The van der Waals surface area contributed by atoms with Gasteiger partial charge in [-0.1, -0.05) is 18.9 Å². The molecule has 2 fully saturated rings. The molecule has 3 aromatic heterocycles. The fourth-order valence-corrected chi connectivity index (χ4v) is 5.68. The number of piperazine rings is 1. The first-order valence-corrected chi connectivity index (χ1v) is 14.1. The molecule has 1 saturated carbocycles. The lowest BCUT2D eigenvalue weighted by Gasteiger charge is -2.37. The highest BCUT2D eigenvalue weighted by atomic mass is 16.5. The Morgan fingerprint density at radius 3 is 2.51 bits per heavy atom. The zero-order chi connectivity index (χ0) is 28.2. The molecule has 0 amide bonds. The zero-order valence-electron chi connectivity index (χ0n) is 23.5. The summed E-state index contributed by atoms with van der Waals surface area (Å²) in [5.74, 6) is 2.11. The minimum Gasteiger partial charge on any atom is -0.493 e. The van der Waals surface area contributed by atoms with Gasteiger partial charge < -0.3 is 20.5 Å². The monoisotopic (exact) mass is 556 g/mol. The normalized spacial score (nSPS) is 17.0. The molecule has 12 nitrogen and oxygen atoms in total. The van der Waals surface area contributed by atoms with E-state index in [9.17, 15) is 0 Å². The lowest BCUT2D eigenvalue weighted by molar-refractivity contribution is 0.105. The van der Waals surface area contributed by atoms with E-state index >= 15 is 0 Å². The number of nitrogens with two attached hydrogens (primary N) is 1. The minimum absolute atomic E-state index is 0.180. The number of anilines is 3. The van der Waals surface area contributed by atoms with E-state index in [0.29, 0.717) is 34.2 Å². The van der Waals surface area contributed by atoms with Crippen LogP contribution >= 0.6 is 0 Å². The molecule has 0 radical (unpaired) electrons. The Morgan fingerprint density at radius 2 is 1.78 bits per heavy atom. The SMILES string of the molecule is COc1cc2ncnc(-n3nc(Nc4ccc(/C=C/CN5CCN(C6CCCC6)CC5)nc4)nc3N)c2cc1OC. The highest BCUT2D eigenvalue weighted by Gasteiger charge is 2.25. The number of nitrogens with zero attached hydrogens (tertiary/aromatic N) is 8. The van der Waals surface area contributed by atoms with E-state index in [1.807, 2.05) is 12.1 Å². The molecule has 2 aliphatic rings. The average molecular weight is 557 g/mol. The number of nitrogens with one attached hydrogen (secondary N) is 1. The van der Waals surface area contributed by atoms with Gasteiger partial charge >= 0.3 is 0 Å². The number of hydrogen-bond acceptors (Lipinski definition) is 11. The highest BCUT2D eigenvalue weighted by Crippen LogP contribution is 2.33. The van der Waals surface area contributed by atoms with Gasteiger partial charge in [0.25, 0.3) is 0 Å². The third-order valence-corrected chi connectivity index (χ3v) is 7.90. The van der Waals surface area contributed by atoms with Gasteiger partial charge in [0, 0.05) is 50.2 Å². The van der Waals surface area contributed by atoms with Crippen molar-refractivity contribution in [3.05, 3.63) is 48.6 Å². The maximum absolute atomic E-state index is 6.23. The van der Waals surface area contributed by atoms with Crippen molar-refractivity contribution in [2.75, 3.05) is 58.0 Å². The molecule has 6 rings (SSSR count). The topological polar surface area (TPSA) is 132 Å². The lowest BCUT2D eigenvalue weighted by Crippen LogP contribution is -2.49. The van der Waals surface area contributed by atoms with Gasteiger partial charge in [0.15, 0.2) is 17.3 Å². The van der Waals surface area contributed by atoms with Crippen LogP contribution in [0.15, 0.2) is 42.9 Å². The fourth-order valence-electron chi connectivity index (χ4n) is 5.68. The first kappa shape index (κ1) is 26.9. The molecule has 3 N–H and O–H groups in total. The average Bonchev–Trinajstić information content (AvgIpc) is 3.67. The van der Waals surface area contributed by atoms with Crippen molar-refractivity contribution in [1.29, 1.82) is 0 Å². The van der Waals surface area contributed by atoms with Crippen LogP contribution in [0.2, 0.25) is 0 Å². The van der Waals surface area contributed by atoms with Crippen molar-refractivity contribution in [2.24, 2.45) is 0 Å². The summed E-state index contributed by atoms with van der Waals surface area (Å²) in [5.41, 5.74) is 8.54. The van der Waals surface area contributed by atoms with Crippen molar-refractivity contribution in [1.82, 2.24) is 39.5 Å². The maximum Gasteiger partial charge on any atom is 0.248 e. The second-order valence-corrected chi connectivity index (χ2v) is 10.4. The van der Waals surface area contributed by atoms with E-state index in [1.54, 1.807) is 32.5 Å². The largest absolute Gasteiger partial charge is 0.493 e. The molecule has 4 heterocycles. The van der Waals surface area contributed by atoms with Gasteiger partial charge in [0.05, 0.1) is 37.3 Å². The zero-order valence-corrected chi connectivity index (χ0v) is 23.5. The summed E-state index contributed by atoms with van der Waals surface area (Å²) in [4.78, 5) is 22.9. The molecule has 41 heavy (non-hydrogen) atoms. The number of rotatable bonds is 9. The van der Waals surface area contributed by atoms with Crippen LogP contribution in [0, 0.1) is 0 Å². The van der Waals surface area contributed by atoms with Crippen molar-refractivity contribution >= 4 is 34.6 Å². The molecule has 0 bridgehead atoms. The van der Waals surface area contributed by atoms with Crippen LogP contribution in [-0.4, -0.2) is 92.5 Å². The van der Waals surface area contributed by atoms with Crippen LogP contribution in [0.3, 0.4) is 0 Å². The lowest BCUT2D eigenvalue weighted by atomic mass is 10.2. The van der Waals surface area contributed by atoms with Crippen LogP contribution in [0.1, 0.15) is 31.4 Å². The number of ether oxygens (including phenoxy) is 2. The van der Waals surface area contributed by atoms with Crippen LogP contribution in [0.25, 0.3) is 22.8 Å². The number of pyridine rings is 1. The van der Waals surface area contributed by atoms with E-state index in [2.05, 4.69) is 52.3 Å². The molecule has 1 aliphatic heterocycles. The summed E-state index contributed by atoms with van der Waals surface area (Å²) >= 11 is 0. The van der Waals surface area contributed by atoms with E-state index in [-0.39, 0.29) is 5.95 Å². The predicted molar refractivity (Wildman–Crippen MR) is 159 cm³/mol. The van der Waals surface area contributed by atoms with Gasteiger partial charge in [-0.3, -0.25) is 14.8 Å². The van der Waals surface area contributed by atoms with Crippen LogP contribution in [-0.2, 0) is 0 Å². The van der Waals surface area contributed by atoms with Gasteiger partial charge in [-0.25, -0.2) is 9.97 Å². The van der Waals surface area contributed by atoms with E-state index < -0.39 is 0 Å². The molecule has 0 atom stereocenters. The Bertz CT molecular complexity index is 1510. The Labute approximate surface area is 239 Å². The summed E-state index contributed by atoms with van der Waals surface area (Å²) in [6.45, 7) is 5.57. The summed E-state index contributed by atoms with van der Waals surface area (Å²) in [7, 11) is 3.16. The second-order valence-electron chi connectivity index (χ2n) is 10.4. The van der Waals surface area contributed by atoms with Gasteiger partial charge in [0.2, 0.25) is 11.9 Å². The third-order valence-electron chi connectivity index (χ3n) is 7.90. The highest BCUT2D eigenvalue weighted by molar-refractivity contribution is 5.88. The number of fused-ring (bicyclic) bond motifs is 1. The molecule has 12 heteroatoms.